The highest BCUT2D eigenvalue weighted by Gasteiger charge is 2.52. The summed E-state index contributed by atoms with van der Waals surface area (Å²) in [6.07, 6.45) is -5.56. The largest absolute Gasteiger partial charge is 0.394 e. The maximum atomic E-state index is 11.6. The SMILES string of the molecule is CCCC(N)C(OCCNCC(O)CO)OC1C(N)CC(N=C(N)C2(O)CC2)C(OC2OCC(C)(O)C(NC)C2O)C1O. The third kappa shape index (κ3) is 9.46. The van der Waals surface area contributed by atoms with E-state index in [0.717, 1.165) is 6.42 Å². The van der Waals surface area contributed by atoms with Crippen molar-refractivity contribution in [3.05, 3.63) is 0 Å². The van der Waals surface area contributed by atoms with Gasteiger partial charge in [-0.3, -0.25) is 4.99 Å². The number of nitrogens with two attached hydrogens (primary N) is 3. The molecule has 1 aliphatic heterocycles. The number of hydrogen-bond donors (Lipinski definition) is 11. The van der Waals surface area contributed by atoms with Crippen LogP contribution in [0.2, 0.25) is 0 Å². The Kier molecular flexibility index (Phi) is 13.5. The van der Waals surface area contributed by atoms with E-state index in [9.17, 15) is 25.5 Å². The number of nitrogens with one attached hydrogen (secondary N) is 2. The van der Waals surface area contributed by atoms with Crippen LogP contribution in [-0.4, -0.2) is 155 Å². The van der Waals surface area contributed by atoms with E-state index < -0.39 is 78.5 Å². The van der Waals surface area contributed by atoms with E-state index in [1.807, 2.05) is 6.92 Å². The molecule has 12 unspecified atom stereocenters. The molecule has 12 atom stereocenters. The van der Waals surface area contributed by atoms with Gasteiger partial charge in [0.2, 0.25) is 0 Å². The molecule has 0 amide bonds. The van der Waals surface area contributed by atoms with Gasteiger partial charge in [0.25, 0.3) is 0 Å². The number of hydrogen-bond acceptors (Lipinski definition) is 15. The molecule has 0 spiro atoms. The van der Waals surface area contributed by atoms with Crippen molar-refractivity contribution in [3.63, 3.8) is 0 Å². The quantitative estimate of drug-likeness (QED) is 0.0316. The first-order chi connectivity index (χ1) is 20.3. The summed E-state index contributed by atoms with van der Waals surface area (Å²) >= 11 is 0. The summed E-state index contributed by atoms with van der Waals surface area (Å²) in [6.45, 7) is 3.66. The fraction of sp³-hybridized carbons (Fsp3) is 0.963. The van der Waals surface area contributed by atoms with E-state index in [1.54, 1.807) is 7.05 Å². The lowest BCUT2D eigenvalue weighted by Crippen LogP contribution is -2.67. The molecular weight excluding hydrogens is 568 g/mol. The van der Waals surface area contributed by atoms with Crippen molar-refractivity contribution in [1.82, 2.24) is 10.6 Å². The van der Waals surface area contributed by atoms with E-state index >= 15 is 0 Å². The number of rotatable bonds is 17. The van der Waals surface area contributed by atoms with Crippen molar-refractivity contribution in [2.24, 2.45) is 22.2 Å². The van der Waals surface area contributed by atoms with Gasteiger partial charge in [-0.05, 0) is 39.7 Å². The number of aliphatic hydroxyl groups is 6. The lowest BCUT2D eigenvalue weighted by Gasteiger charge is -2.48. The third-order valence-electron chi connectivity index (χ3n) is 8.34. The normalized spacial score (nSPS) is 38.4. The van der Waals surface area contributed by atoms with Gasteiger partial charge in [0.1, 0.15) is 41.5 Å². The Labute approximate surface area is 252 Å². The smallest absolute Gasteiger partial charge is 0.185 e. The Morgan fingerprint density at radius 3 is 2.49 bits per heavy atom. The highest BCUT2D eigenvalue weighted by atomic mass is 16.7. The molecule has 16 nitrogen and oxygen atoms in total. The Morgan fingerprint density at radius 2 is 1.88 bits per heavy atom. The van der Waals surface area contributed by atoms with Gasteiger partial charge in [0.15, 0.2) is 12.6 Å². The molecule has 0 bridgehead atoms. The maximum Gasteiger partial charge on any atom is 0.185 e. The van der Waals surface area contributed by atoms with E-state index in [2.05, 4.69) is 15.6 Å². The zero-order chi connectivity index (χ0) is 31.9. The summed E-state index contributed by atoms with van der Waals surface area (Å²) in [5.41, 5.74) is 16.4. The minimum absolute atomic E-state index is 0.0102. The van der Waals surface area contributed by atoms with Gasteiger partial charge in [-0.25, -0.2) is 0 Å². The van der Waals surface area contributed by atoms with Crippen molar-refractivity contribution < 1.29 is 49.6 Å². The van der Waals surface area contributed by atoms with Crippen molar-refractivity contribution >= 4 is 5.84 Å². The average Bonchev–Trinajstić information content (AvgIpc) is 3.71. The molecule has 2 aliphatic carbocycles. The molecule has 3 aliphatic rings. The number of nitrogens with zero attached hydrogens (tertiary/aromatic N) is 1. The minimum atomic E-state index is -1.40. The van der Waals surface area contributed by atoms with Crippen molar-refractivity contribution in [2.75, 3.05) is 40.0 Å². The Bertz CT molecular complexity index is 883. The molecule has 1 saturated heterocycles. The molecule has 1 heterocycles. The molecule has 0 radical (unpaired) electrons. The van der Waals surface area contributed by atoms with Crippen molar-refractivity contribution in [2.45, 2.75) is 124 Å². The average molecular weight is 623 g/mol. The predicted octanol–water partition coefficient (Wildman–Crippen LogP) is -4.43. The molecule has 0 aromatic rings. The Morgan fingerprint density at radius 1 is 1.19 bits per heavy atom. The predicted molar refractivity (Wildman–Crippen MR) is 156 cm³/mol. The van der Waals surface area contributed by atoms with Crippen LogP contribution in [0.1, 0.15) is 46.0 Å². The van der Waals surface area contributed by atoms with Crippen LogP contribution in [0.15, 0.2) is 4.99 Å². The molecule has 0 aromatic carbocycles. The number of aliphatic imine (C=N–C) groups is 1. The van der Waals surface area contributed by atoms with Gasteiger partial charge in [-0.15, -0.1) is 0 Å². The summed E-state index contributed by atoms with van der Waals surface area (Å²) in [7, 11) is 1.59. The van der Waals surface area contributed by atoms with Crippen LogP contribution in [0.4, 0.5) is 0 Å². The highest BCUT2D eigenvalue weighted by molar-refractivity contribution is 5.91. The van der Waals surface area contributed by atoms with Gasteiger partial charge in [-0.1, -0.05) is 13.3 Å². The van der Waals surface area contributed by atoms with Crippen LogP contribution >= 0.6 is 0 Å². The Balaban J connectivity index is 1.79. The molecule has 43 heavy (non-hydrogen) atoms. The molecule has 252 valence electrons. The molecule has 16 heteroatoms. The fourth-order valence-corrected chi connectivity index (χ4v) is 5.56. The van der Waals surface area contributed by atoms with Crippen LogP contribution in [0.3, 0.4) is 0 Å². The summed E-state index contributed by atoms with van der Waals surface area (Å²) in [5, 5.41) is 68.1. The van der Waals surface area contributed by atoms with Crippen LogP contribution < -0.4 is 27.8 Å². The summed E-state index contributed by atoms with van der Waals surface area (Å²) in [4.78, 5) is 4.50. The van der Waals surface area contributed by atoms with E-state index in [0.29, 0.717) is 25.8 Å². The van der Waals surface area contributed by atoms with Crippen LogP contribution in [0, 0.1) is 0 Å². The first-order valence-corrected chi connectivity index (χ1v) is 15.1. The van der Waals surface area contributed by atoms with Crippen molar-refractivity contribution in [1.29, 1.82) is 0 Å². The van der Waals surface area contributed by atoms with Crippen LogP contribution in [-0.2, 0) is 18.9 Å². The number of likely N-dealkylation sites (N-methyl/N-ethyl adjacent to an activating group) is 1. The Hall–Kier alpha value is -1.09. The molecule has 0 aromatic heterocycles. The number of amidine groups is 1. The second kappa shape index (κ2) is 16.0. The zero-order valence-electron chi connectivity index (χ0n) is 25.4. The lowest BCUT2D eigenvalue weighted by molar-refractivity contribution is -0.303. The van der Waals surface area contributed by atoms with Crippen LogP contribution in [0.5, 0.6) is 0 Å². The maximum absolute atomic E-state index is 11.6. The van der Waals surface area contributed by atoms with Gasteiger partial charge < -0.3 is 77.4 Å². The minimum Gasteiger partial charge on any atom is -0.394 e. The van der Waals surface area contributed by atoms with Gasteiger partial charge in [0, 0.05) is 19.1 Å². The van der Waals surface area contributed by atoms with Gasteiger partial charge in [-0.2, -0.15) is 0 Å². The lowest BCUT2D eigenvalue weighted by atomic mass is 9.83. The topological polar surface area (TPSA) is 273 Å². The monoisotopic (exact) mass is 622 g/mol. The molecule has 2 saturated carbocycles. The second-order valence-corrected chi connectivity index (χ2v) is 12.2. The third-order valence-corrected chi connectivity index (χ3v) is 8.34. The number of ether oxygens (including phenoxy) is 4. The second-order valence-electron chi connectivity index (χ2n) is 12.2. The molecule has 14 N–H and O–H groups in total. The number of aliphatic hydroxyl groups excluding tert-OH is 4. The van der Waals surface area contributed by atoms with Gasteiger partial charge in [0.05, 0.1) is 44.1 Å². The van der Waals surface area contributed by atoms with E-state index in [-0.39, 0.29) is 38.6 Å². The summed E-state index contributed by atoms with van der Waals surface area (Å²) in [6, 6.07) is -2.92. The standard InChI is InChI=1S/C27H54N6O10/c1-4-5-15(28)23(40-9-8-32-11-14(35)12-34)42-20-16(29)10-17(33-25(30)27(39)6-7-27)21(18(20)36)43-24-19(37)22(31-3)26(2,38)13-41-24/h14-24,31-32,34-39H,4-13,28-29H2,1-3H3,(H2,30,33). The molecule has 3 rings (SSSR count). The molecule has 3 fully saturated rings. The van der Waals surface area contributed by atoms with Crippen molar-refractivity contribution in [3.8, 4) is 0 Å². The first kappa shape index (κ1) is 36.4. The fourth-order valence-electron chi connectivity index (χ4n) is 5.56. The first-order valence-electron chi connectivity index (χ1n) is 15.1. The van der Waals surface area contributed by atoms with E-state index in [4.69, 9.17) is 41.3 Å². The van der Waals surface area contributed by atoms with Gasteiger partial charge >= 0.3 is 0 Å². The van der Waals surface area contributed by atoms with E-state index in [1.165, 1.54) is 6.92 Å². The summed E-state index contributed by atoms with van der Waals surface area (Å²) in [5.74, 6) is 0.0102. The van der Waals surface area contributed by atoms with Crippen LogP contribution in [0.25, 0.3) is 0 Å². The highest BCUT2D eigenvalue weighted by Crippen LogP contribution is 2.37. The molecular formula is C27H54N6O10. The summed E-state index contributed by atoms with van der Waals surface area (Å²) < 4.78 is 24.0. The zero-order valence-corrected chi connectivity index (χ0v) is 25.4.